The zero-order chi connectivity index (χ0) is 17.7. The predicted octanol–water partition coefficient (Wildman–Crippen LogP) is 3.11. The van der Waals surface area contributed by atoms with E-state index in [-0.39, 0.29) is 34.9 Å². The number of carbonyl (C=O) groups is 2. The van der Waals surface area contributed by atoms with Crippen LogP contribution < -0.4 is 0 Å². The molecule has 1 rings (SSSR count). The van der Waals surface area contributed by atoms with Gasteiger partial charge >= 0.3 is 11.9 Å². The summed E-state index contributed by atoms with van der Waals surface area (Å²) in [6, 6.07) is 0. The first-order valence-electron chi connectivity index (χ1n) is 7.65. The van der Waals surface area contributed by atoms with Crippen LogP contribution >= 0.6 is 0 Å². The van der Waals surface area contributed by atoms with Crippen molar-refractivity contribution < 1.29 is 29.3 Å². The average molecular weight is 324 g/mol. The molecule has 0 atom stereocenters. The van der Waals surface area contributed by atoms with E-state index in [1.54, 1.807) is 34.6 Å². The Morgan fingerprint density at radius 1 is 0.957 bits per heavy atom. The van der Waals surface area contributed by atoms with Crippen molar-refractivity contribution in [1.29, 1.82) is 0 Å². The first kappa shape index (κ1) is 18.8. The maximum Gasteiger partial charge on any atom is 0.338 e. The first-order chi connectivity index (χ1) is 10.7. The number of aliphatic hydroxyl groups is 2. The quantitative estimate of drug-likeness (QED) is 0.755. The van der Waals surface area contributed by atoms with E-state index in [0.29, 0.717) is 6.42 Å². The Balaban J connectivity index is 3.34. The lowest BCUT2D eigenvalue weighted by Gasteiger charge is -2.21. The van der Waals surface area contributed by atoms with Gasteiger partial charge in [0.15, 0.2) is 0 Å². The van der Waals surface area contributed by atoms with Crippen LogP contribution in [0, 0.1) is 5.92 Å². The Labute approximate surface area is 136 Å². The van der Waals surface area contributed by atoms with Crippen LogP contribution in [0.25, 0.3) is 0 Å². The molecule has 0 radical (unpaired) electrons. The molecule has 6 nitrogen and oxygen atoms in total. The Bertz CT molecular complexity index is 518. The lowest BCUT2D eigenvalue weighted by Crippen LogP contribution is -2.26. The van der Waals surface area contributed by atoms with Crippen LogP contribution in [-0.4, -0.2) is 34.4 Å². The van der Waals surface area contributed by atoms with Gasteiger partial charge in [-0.05, 0) is 46.3 Å². The Morgan fingerprint density at radius 2 is 1.30 bits per heavy atom. The maximum atomic E-state index is 12.3. The van der Waals surface area contributed by atoms with E-state index in [1.807, 2.05) is 0 Å². The van der Waals surface area contributed by atoms with Crippen molar-refractivity contribution in [2.45, 2.75) is 53.2 Å². The highest BCUT2D eigenvalue weighted by Gasteiger charge is 2.35. The molecule has 0 amide bonds. The number of allylic oxidation sites excluding steroid dienone is 2. The van der Waals surface area contributed by atoms with Crippen LogP contribution in [0.1, 0.15) is 41.0 Å². The third kappa shape index (κ3) is 4.61. The molecule has 0 saturated heterocycles. The molecule has 0 aliphatic heterocycles. The highest BCUT2D eigenvalue weighted by atomic mass is 16.5. The second-order valence-electron chi connectivity index (χ2n) is 5.80. The fourth-order valence-electron chi connectivity index (χ4n) is 2.30. The van der Waals surface area contributed by atoms with Crippen LogP contribution in [0.3, 0.4) is 0 Å². The van der Waals surface area contributed by atoms with Crippen molar-refractivity contribution >= 4 is 11.9 Å². The Kier molecular flexibility index (Phi) is 6.42. The van der Waals surface area contributed by atoms with E-state index in [1.165, 1.54) is 12.2 Å². The van der Waals surface area contributed by atoms with Gasteiger partial charge < -0.3 is 19.7 Å². The summed E-state index contributed by atoms with van der Waals surface area (Å²) < 4.78 is 10.3. The second-order valence-corrected chi connectivity index (χ2v) is 5.80. The molecule has 0 unspecified atom stereocenters. The lowest BCUT2D eigenvalue weighted by molar-refractivity contribution is -0.144. The minimum atomic E-state index is -0.817. The molecule has 0 fully saturated rings. The minimum Gasteiger partial charge on any atom is -0.507 e. The maximum absolute atomic E-state index is 12.3. The highest BCUT2D eigenvalue weighted by molar-refractivity contribution is 5.97. The molecule has 6 heteroatoms. The van der Waals surface area contributed by atoms with Gasteiger partial charge in [0.25, 0.3) is 0 Å². The molecule has 0 saturated carbocycles. The molecule has 23 heavy (non-hydrogen) atoms. The molecule has 0 aromatic rings. The molecule has 0 heterocycles. The fourth-order valence-corrected chi connectivity index (χ4v) is 2.30. The summed E-state index contributed by atoms with van der Waals surface area (Å²) in [7, 11) is 0. The van der Waals surface area contributed by atoms with Gasteiger partial charge in [-0.3, -0.25) is 0 Å². The van der Waals surface area contributed by atoms with Gasteiger partial charge in [-0.1, -0.05) is 6.92 Å². The lowest BCUT2D eigenvalue weighted by atomic mass is 9.87. The molecule has 1 aliphatic rings. The van der Waals surface area contributed by atoms with Crippen LogP contribution in [0.2, 0.25) is 0 Å². The van der Waals surface area contributed by atoms with Gasteiger partial charge in [0.1, 0.15) is 11.5 Å². The van der Waals surface area contributed by atoms with E-state index in [2.05, 4.69) is 0 Å². The Hall–Kier alpha value is -2.24. The zero-order valence-corrected chi connectivity index (χ0v) is 14.1. The minimum absolute atomic E-state index is 0.0581. The summed E-state index contributed by atoms with van der Waals surface area (Å²) in [6.45, 7) is 8.48. The highest BCUT2D eigenvalue weighted by Crippen LogP contribution is 2.33. The van der Waals surface area contributed by atoms with Crippen molar-refractivity contribution in [3.63, 3.8) is 0 Å². The molecule has 1 aliphatic carbocycles. The molecule has 0 aromatic heterocycles. The van der Waals surface area contributed by atoms with Crippen LogP contribution in [0.5, 0.6) is 0 Å². The van der Waals surface area contributed by atoms with E-state index < -0.39 is 17.9 Å². The standard InChI is InChI=1S/C17H24O6/c1-6-11-14(16(20)22-9(2)3)12(18)7-8-13(19)15(11)17(21)23-10(4)5/h7-11,18-19H,6H2,1-5H3. The van der Waals surface area contributed by atoms with Gasteiger partial charge in [-0.2, -0.15) is 0 Å². The summed E-state index contributed by atoms with van der Waals surface area (Å²) in [5, 5.41) is 20.3. The number of aliphatic hydroxyl groups excluding tert-OH is 2. The normalized spacial score (nSPS) is 16.1. The number of hydrogen-bond donors (Lipinski definition) is 2. The number of rotatable bonds is 5. The van der Waals surface area contributed by atoms with Gasteiger partial charge in [0.2, 0.25) is 0 Å². The average Bonchev–Trinajstić information content (AvgIpc) is 2.54. The summed E-state index contributed by atoms with van der Waals surface area (Å²) in [6.07, 6.45) is 1.89. The largest absolute Gasteiger partial charge is 0.507 e. The van der Waals surface area contributed by atoms with Crippen LogP contribution in [-0.2, 0) is 19.1 Å². The number of esters is 2. The van der Waals surface area contributed by atoms with Crippen molar-refractivity contribution in [3.05, 3.63) is 34.8 Å². The van der Waals surface area contributed by atoms with E-state index >= 15 is 0 Å². The predicted molar refractivity (Wildman–Crippen MR) is 84.7 cm³/mol. The third-order valence-electron chi connectivity index (χ3n) is 3.18. The number of carbonyl (C=O) groups excluding carboxylic acids is 2. The summed E-state index contributed by atoms with van der Waals surface area (Å²) >= 11 is 0. The summed E-state index contributed by atoms with van der Waals surface area (Å²) in [5.74, 6) is -2.93. The molecule has 0 spiro atoms. The van der Waals surface area contributed by atoms with E-state index in [0.717, 1.165) is 0 Å². The second kappa shape index (κ2) is 7.85. The van der Waals surface area contributed by atoms with E-state index in [9.17, 15) is 19.8 Å². The molecule has 2 N–H and O–H groups in total. The SMILES string of the molecule is CCC1C(C(=O)OC(C)C)=C(O)C=CC(O)=C1C(=O)OC(C)C. The molecule has 0 aromatic carbocycles. The molecular weight excluding hydrogens is 300 g/mol. The van der Waals surface area contributed by atoms with Crippen LogP contribution in [0.4, 0.5) is 0 Å². The van der Waals surface area contributed by atoms with Crippen LogP contribution in [0.15, 0.2) is 34.8 Å². The first-order valence-corrected chi connectivity index (χ1v) is 7.65. The monoisotopic (exact) mass is 324 g/mol. The van der Waals surface area contributed by atoms with Gasteiger partial charge in [-0.25, -0.2) is 9.59 Å². The number of ether oxygens (including phenoxy) is 2. The van der Waals surface area contributed by atoms with Gasteiger partial charge in [-0.15, -0.1) is 0 Å². The third-order valence-corrected chi connectivity index (χ3v) is 3.18. The summed E-state index contributed by atoms with van der Waals surface area (Å²) in [5.41, 5.74) is -0.116. The van der Waals surface area contributed by atoms with Crippen molar-refractivity contribution in [3.8, 4) is 0 Å². The molecular formula is C17H24O6. The smallest absolute Gasteiger partial charge is 0.338 e. The van der Waals surface area contributed by atoms with Gasteiger partial charge in [0, 0.05) is 5.92 Å². The number of hydrogen-bond acceptors (Lipinski definition) is 6. The topological polar surface area (TPSA) is 93.1 Å². The van der Waals surface area contributed by atoms with Crippen molar-refractivity contribution in [2.75, 3.05) is 0 Å². The van der Waals surface area contributed by atoms with Gasteiger partial charge in [0.05, 0.1) is 23.4 Å². The fraction of sp³-hybridized carbons (Fsp3) is 0.529. The summed E-state index contributed by atoms with van der Waals surface area (Å²) in [4.78, 5) is 24.6. The van der Waals surface area contributed by atoms with Crippen molar-refractivity contribution in [1.82, 2.24) is 0 Å². The Morgan fingerprint density at radius 3 is 1.57 bits per heavy atom. The molecule has 0 bridgehead atoms. The van der Waals surface area contributed by atoms with Crippen molar-refractivity contribution in [2.24, 2.45) is 5.92 Å². The molecule has 128 valence electrons. The van der Waals surface area contributed by atoms with E-state index in [4.69, 9.17) is 9.47 Å². The zero-order valence-electron chi connectivity index (χ0n) is 14.1.